The summed E-state index contributed by atoms with van der Waals surface area (Å²) in [4.78, 5) is 51.8. The van der Waals surface area contributed by atoms with Crippen molar-refractivity contribution in [3.05, 3.63) is 62.8 Å². The summed E-state index contributed by atoms with van der Waals surface area (Å²) in [5.74, 6) is -1.45. The maximum absolute atomic E-state index is 12.7. The molecular weight excluding hydrogens is 362 g/mol. The Morgan fingerprint density at radius 1 is 1.11 bits per heavy atom. The van der Waals surface area contributed by atoms with E-state index in [1.54, 1.807) is 38.1 Å². The first-order valence-corrected chi connectivity index (χ1v) is 8.65. The molecule has 28 heavy (non-hydrogen) atoms. The Labute approximate surface area is 159 Å². The van der Waals surface area contributed by atoms with Gasteiger partial charge in [0.2, 0.25) is 5.78 Å². The van der Waals surface area contributed by atoms with E-state index in [9.17, 15) is 19.2 Å². The largest absolute Gasteiger partial charge is 0.449 e. The average Bonchev–Trinajstić information content (AvgIpc) is 2.95. The van der Waals surface area contributed by atoms with Crippen molar-refractivity contribution < 1.29 is 19.1 Å². The van der Waals surface area contributed by atoms with Crippen LogP contribution in [0, 0.1) is 13.8 Å². The Balaban J connectivity index is 1.89. The van der Waals surface area contributed by atoms with E-state index in [0.29, 0.717) is 27.6 Å². The first-order chi connectivity index (χ1) is 13.2. The normalized spacial score (nSPS) is 12.0. The molecule has 0 aliphatic rings. The monoisotopic (exact) mass is 381 g/mol. The summed E-state index contributed by atoms with van der Waals surface area (Å²) >= 11 is 0. The molecule has 8 heteroatoms. The second kappa shape index (κ2) is 7.22. The molecule has 8 nitrogen and oxygen atoms in total. The molecule has 0 saturated heterocycles. The molecule has 144 valence electrons. The summed E-state index contributed by atoms with van der Waals surface area (Å²) in [6, 6.07) is 6.48. The SMILES string of the molecule is CC(=O)c1c(C)[nH]c(C(=O)[C@H](C)OC(=O)c2n[nH]c(=O)c3ccccc23)c1C. The second-order valence-corrected chi connectivity index (χ2v) is 6.54. The van der Waals surface area contributed by atoms with Gasteiger partial charge in [0.05, 0.1) is 11.1 Å². The molecule has 0 amide bonds. The molecule has 2 N–H and O–H groups in total. The van der Waals surface area contributed by atoms with Crippen molar-refractivity contribution in [2.45, 2.75) is 33.8 Å². The number of H-pyrrole nitrogens is 2. The molecule has 0 fully saturated rings. The van der Waals surface area contributed by atoms with E-state index in [1.165, 1.54) is 13.8 Å². The van der Waals surface area contributed by atoms with Gasteiger partial charge in [0, 0.05) is 16.6 Å². The molecular formula is C20H19N3O5. The van der Waals surface area contributed by atoms with Crippen LogP contribution in [0.5, 0.6) is 0 Å². The summed E-state index contributed by atoms with van der Waals surface area (Å²) in [5.41, 5.74) is 1.27. The van der Waals surface area contributed by atoms with E-state index >= 15 is 0 Å². The van der Waals surface area contributed by atoms with Crippen LogP contribution in [0.15, 0.2) is 29.1 Å². The molecule has 1 aromatic carbocycles. The number of hydrogen-bond donors (Lipinski definition) is 2. The van der Waals surface area contributed by atoms with Crippen LogP contribution in [0.25, 0.3) is 10.8 Å². The number of nitrogens with zero attached hydrogens (tertiary/aromatic N) is 1. The number of nitrogens with one attached hydrogen (secondary N) is 2. The number of aromatic amines is 2. The summed E-state index contributed by atoms with van der Waals surface area (Å²) in [7, 11) is 0. The lowest BCUT2D eigenvalue weighted by molar-refractivity contribution is 0.0312. The molecule has 0 radical (unpaired) electrons. The number of carbonyl (C=O) groups is 3. The van der Waals surface area contributed by atoms with Gasteiger partial charge in [-0.15, -0.1) is 0 Å². The highest BCUT2D eigenvalue weighted by atomic mass is 16.5. The minimum absolute atomic E-state index is 0.0846. The van der Waals surface area contributed by atoms with Crippen LogP contribution in [0.4, 0.5) is 0 Å². The number of benzene rings is 1. The molecule has 1 atom stereocenters. The minimum Gasteiger partial charge on any atom is -0.449 e. The third-order valence-electron chi connectivity index (χ3n) is 4.58. The van der Waals surface area contributed by atoms with Crippen LogP contribution in [-0.2, 0) is 4.74 Å². The number of Topliss-reactive ketones (excluding diaryl/α,β-unsaturated/α-hetero) is 2. The first-order valence-electron chi connectivity index (χ1n) is 8.65. The number of aromatic nitrogens is 3. The number of carbonyl (C=O) groups excluding carboxylic acids is 3. The lowest BCUT2D eigenvalue weighted by Crippen LogP contribution is -2.26. The lowest BCUT2D eigenvalue weighted by atomic mass is 10.0. The highest BCUT2D eigenvalue weighted by molar-refractivity contribution is 6.07. The van der Waals surface area contributed by atoms with Crippen LogP contribution in [-0.4, -0.2) is 38.8 Å². The van der Waals surface area contributed by atoms with Gasteiger partial charge in [-0.05, 0) is 39.3 Å². The topological polar surface area (TPSA) is 122 Å². The van der Waals surface area contributed by atoms with Crippen molar-refractivity contribution in [3.63, 3.8) is 0 Å². The third kappa shape index (κ3) is 3.24. The van der Waals surface area contributed by atoms with Crippen molar-refractivity contribution in [2.75, 3.05) is 0 Å². The maximum atomic E-state index is 12.7. The Bertz CT molecular complexity index is 1170. The molecule has 0 aliphatic heterocycles. The Morgan fingerprint density at radius 2 is 1.75 bits per heavy atom. The van der Waals surface area contributed by atoms with E-state index in [1.807, 2.05) is 0 Å². The predicted molar refractivity (Wildman–Crippen MR) is 102 cm³/mol. The number of fused-ring (bicyclic) bond motifs is 1. The second-order valence-electron chi connectivity index (χ2n) is 6.54. The van der Waals surface area contributed by atoms with Gasteiger partial charge in [0.15, 0.2) is 17.6 Å². The van der Waals surface area contributed by atoms with Crippen LogP contribution < -0.4 is 5.56 Å². The smallest absolute Gasteiger partial charge is 0.360 e. The predicted octanol–water partition coefficient (Wildman–Crippen LogP) is 2.50. The fraction of sp³-hybridized carbons (Fsp3) is 0.250. The van der Waals surface area contributed by atoms with Gasteiger partial charge in [0.1, 0.15) is 0 Å². The van der Waals surface area contributed by atoms with Crippen molar-refractivity contribution >= 4 is 28.3 Å². The van der Waals surface area contributed by atoms with Crippen molar-refractivity contribution in [2.24, 2.45) is 0 Å². The van der Waals surface area contributed by atoms with Crippen molar-refractivity contribution in [1.82, 2.24) is 15.2 Å². The van der Waals surface area contributed by atoms with E-state index in [4.69, 9.17) is 4.74 Å². The van der Waals surface area contributed by atoms with Crippen LogP contribution in [0.2, 0.25) is 0 Å². The molecule has 3 aromatic rings. The number of ketones is 2. The van der Waals surface area contributed by atoms with Gasteiger partial charge in [0.25, 0.3) is 5.56 Å². The van der Waals surface area contributed by atoms with E-state index in [0.717, 1.165) is 0 Å². The molecule has 3 rings (SSSR count). The summed E-state index contributed by atoms with van der Waals surface area (Å²) in [6.07, 6.45) is -1.11. The van der Waals surface area contributed by atoms with Gasteiger partial charge in [-0.25, -0.2) is 9.89 Å². The third-order valence-corrected chi connectivity index (χ3v) is 4.58. The molecule has 2 aromatic heterocycles. The standard InChI is InChI=1S/C20H19N3O5/c1-9-15(11(3)24)10(2)21-16(9)18(25)12(4)28-20(27)17-13-7-5-6-8-14(13)19(26)23-22-17/h5-8,12,21H,1-4H3,(H,23,26)/t12-/m0/s1. The number of aryl methyl sites for hydroxylation is 1. The van der Waals surface area contributed by atoms with Gasteiger partial charge >= 0.3 is 5.97 Å². The van der Waals surface area contributed by atoms with Gasteiger partial charge in [-0.3, -0.25) is 14.4 Å². The Kier molecular flexibility index (Phi) is 4.96. The molecule has 2 heterocycles. The minimum atomic E-state index is -1.11. The fourth-order valence-electron chi connectivity index (χ4n) is 3.27. The quantitative estimate of drug-likeness (QED) is 0.517. The molecule has 0 unspecified atom stereocenters. The van der Waals surface area contributed by atoms with Gasteiger partial charge in [-0.2, -0.15) is 5.10 Å². The molecule has 0 saturated carbocycles. The summed E-state index contributed by atoms with van der Waals surface area (Å²) in [5, 5.41) is 6.66. The van der Waals surface area contributed by atoms with E-state index in [2.05, 4.69) is 15.2 Å². The number of hydrogen-bond acceptors (Lipinski definition) is 6. The number of rotatable bonds is 5. The van der Waals surface area contributed by atoms with Crippen molar-refractivity contribution in [1.29, 1.82) is 0 Å². The molecule has 0 aliphatic carbocycles. The van der Waals surface area contributed by atoms with Crippen LogP contribution >= 0.6 is 0 Å². The Morgan fingerprint density at radius 3 is 2.36 bits per heavy atom. The maximum Gasteiger partial charge on any atom is 0.360 e. The number of esters is 1. The lowest BCUT2D eigenvalue weighted by Gasteiger charge is -2.12. The molecule has 0 spiro atoms. The first kappa shape index (κ1) is 19.2. The van der Waals surface area contributed by atoms with Crippen LogP contribution in [0.1, 0.15) is 56.4 Å². The average molecular weight is 381 g/mol. The molecule has 0 bridgehead atoms. The highest BCUT2D eigenvalue weighted by Crippen LogP contribution is 2.21. The summed E-state index contributed by atoms with van der Waals surface area (Å²) < 4.78 is 5.29. The number of ether oxygens (including phenoxy) is 1. The van der Waals surface area contributed by atoms with Gasteiger partial charge in [-0.1, -0.05) is 18.2 Å². The van der Waals surface area contributed by atoms with Crippen molar-refractivity contribution in [3.8, 4) is 0 Å². The zero-order chi connectivity index (χ0) is 20.6. The fourth-order valence-corrected chi connectivity index (χ4v) is 3.27. The summed E-state index contributed by atoms with van der Waals surface area (Å²) in [6.45, 7) is 6.23. The van der Waals surface area contributed by atoms with E-state index < -0.39 is 23.4 Å². The Hall–Kier alpha value is -3.55. The zero-order valence-corrected chi connectivity index (χ0v) is 15.9. The van der Waals surface area contributed by atoms with E-state index in [-0.39, 0.29) is 17.2 Å². The van der Waals surface area contributed by atoms with Gasteiger partial charge < -0.3 is 9.72 Å². The van der Waals surface area contributed by atoms with Crippen LogP contribution in [0.3, 0.4) is 0 Å². The zero-order valence-electron chi connectivity index (χ0n) is 15.9. The highest BCUT2D eigenvalue weighted by Gasteiger charge is 2.27.